The Labute approximate surface area is 178 Å². The molecule has 0 atom stereocenters. The van der Waals surface area contributed by atoms with Gasteiger partial charge in [-0.25, -0.2) is 0 Å². The Morgan fingerprint density at radius 1 is 0.935 bits per heavy atom. The zero-order chi connectivity index (χ0) is 22.1. The molecule has 3 aromatic carbocycles. The van der Waals surface area contributed by atoms with Crippen molar-refractivity contribution in [3.8, 4) is 22.8 Å². The van der Waals surface area contributed by atoms with Gasteiger partial charge in [-0.1, -0.05) is 50.2 Å². The number of nitrogens with zero attached hydrogens (tertiary/aromatic N) is 1. The van der Waals surface area contributed by atoms with Crippen LogP contribution in [0.1, 0.15) is 25.0 Å². The highest BCUT2D eigenvalue weighted by Gasteiger charge is 2.47. The lowest BCUT2D eigenvalue weighted by atomic mass is 9.83. The number of ether oxygens (including phenoxy) is 1. The van der Waals surface area contributed by atoms with Crippen LogP contribution in [0.4, 0.5) is 13.2 Å². The van der Waals surface area contributed by atoms with Crippen LogP contribution in [0.25, 0.3) is 32.9 Å². The standard InChI is InChI=1S/C26H23F3NO/c1-15-11-12-16-7-6-10-20-23(16)22(15)24-21(31-20)13-18-17(8-5-9-19(18)30(24)4)14-25(2,3)26(27,28)29/h5-13H,14H2,1-4H3/q+1. The predicted octanol–water partition coefficient (Wildman–Crippen LogP) is 7.03. The van der Waals surface area contributed by atoms with Crippen LogP contribution in [-0.2, 0) is 13.5 Å². The first-order valence-electron chi connectivity index (χ1n) is 10.3. The smallest absolute Gasteiger partial charge is 0.394 e. The number of aromatic nitrogens is 1. The number of halogens is 3. The van der Waals surface area contributed by atoms with Crippen LogP contribution in [0.2, 0.25) is 0 Å². The van der Waals surface area contributed by atoms with E-state index in [1.54, 1.807) is 6.07 Å². The van der Waals surface area contributed by atoms with Crippen LogP contribution in [0.5, 0.6) is 11.5 Å². The molecule has 0 saturated carbocycles. The fourth-order valence-electron chi connectivity index (χ4n) is 4.60. The van der Waals surface area contributed by atoms with E-state index in [0.717, 1.165) is 44.2 Å². The lowest BCUT2D eigenvalue weighted by molar-refractivity contribution is -0.633. The molecule has 5 rings (SSSR count). The topological polar surface area (TPSA) is 13.1 Å². The zero-order valence-corrected chi connectivity index (χ0v) is 17.9. The van der Waals surface area contributed by atoms with Crippen molar-refractivity contribution in [2.24, 2.45) is 12.5 Å². The second-order valence-corrected chi connectivity index (χ2v) is 9.04. The van der Waals surface area contributed by atoms with Crippen molar-refractivity contribution in [1.29, 1.82) is 0 Å². The summed E-state index contributed by atoms with van der Waals surface area (Å²) in [7, 11) is 1.95. The Morgan fingerprint density at radius 2 is 1.68 bits per heavy atom. The van der Waals surface area contributed by atoms with E-state index in [-0.39, 0.29) is 6.42 Å². The molecule has 5 heteroatoms. The number of hydrogen-bond donors (Lipinski definition) is 0. The lowest BCUT2D eigenvalue weighted by Gasteiger charge is -2.28. The summed E-state index contributed by atoms with van der Waals surface area (Å²) < 4.78 is 49.1. The number of alkyl halides is 3. The Bertz CT molecular complexity index is 1370. The van der Waals surface area contributed by atoms with Gasteiger partial charge in [0, 0.05) is 17.5 Å². The van der Waals surface area contributed by atoms with Crippen LogP contribution in [-0.4, -0.2) is 6.18 Å². The van der Waals surface area contributed by atoms with Gasteiger partial charge >= 0.3 is 6.18 Å². The van der Waals surface area contributed by atoms with Gasteiger partial charge in [0.15, 0.2) is 5.75 Å². The molecule has 0 N–H and O–H groups in total. The molecule has 0 bridgehead atoms. The van der Waals surface area contributed by atoms with Crippen LogP contribution in [0.3, 0.4) is 0 Å². The van der Waals surface area contributed by atoms with E-state index in [2.05, 4.69) is 25.1 Å². The summed E-state index contributed by atoms with van der Waals surface area (Å²) in [6, 6.07) is 17.6. The molecule has 1 aliphatic heterocycles. The third-order valence-electron chi connectivity index (χ3n) is 6.45. The van der Waals surface area contributed by atoms with Gasteiger partial charge in [0.1, 0.15) is 12.8 Å². The third-order valence-corrected chi connectivity index (χ3v) is 6.45. The Kier molecular flexibility index (Phi) is 4.14. The number of rotatable bonds is 2. The highest BCUT2D eigenvalue weighted by Crippen LogP contribution is 2.48. The molecule has 0 saturated heterocycles. The van der Waals surface area contributed by atoms with Crippen LogP contribution < -0.4 is 9.30 Å². The van der Waals surface area contributed by atoms with Crippen molar-refractivity contribution in [2.45, 2.75) is 33.4 Å². The Morgan fingerprint density at radius 3 is 2.42 bits per heavy atom. The first kappa shape index (κ1) is 19.9. The molecule has 0 amide bonds. The maximum atomic E-state index is 13.6. The van der Waals surface area contributed by atoms with Gasteiger partial charge in [-0.3, -0.25) is 0 Å². The van der Waals surface area contributed by atoms with Crippen molar-refractivity contribution in [3.05, 3.63) is 65.7 Å². The molecule has 158 valence electrons. The second-order valence-electron chi connectivity index (χ2n) is 9.04. The number of pyridine rings is 1. The molecule has 0 aliphatic carbocycles. The minimum absolute atomic E-state index is 0.0994. The van der Waals surface area contributed by atoms with Gasteiger partial charge < -0.3 is 4.74 Å². The molecular weight excluding hydrogens is 399 g/mol. The first-order chi connectivity index (χ1) is 14.6. The molecule has 0 fully saturated rings. The second kappa shape index (κ2) is 6.46. The minimum Gasteiger partial charge on any atom is -0.450 e. The third kappa shape index (κ3) is 2.90. The van der Waals surface area contributed by atoms with Crippen molar-refractivity contribution in [3.63, 3.8) is 0 Å². The van der Waals surface area contributed by atoms with E-state index in [1.807, 2.05) is 41.9 Å². The molecule has 0 unspecified atom stereocenters. The summed E-state index contributed by atoms with van der Waals surface area (Å²) in [5.41, 5.74) is 2.91. The predicted molar refractivity (Wildman–Crippen MR) is 116 cm³/mol. The van der Waals surface area contributed by atoms with Gasteiger partial charge in [0.25, 0.3) is 5.69 Å². The van der Waals surface area contributed by atoms with E-state index < -0.39 is 11.6 Å². The van der Waals surface area contributed by atoms with Crippen LogP contribution in [0, 0.1) is 12.3 Å². The summed E-state index contributed by atoms with van der Waals surface area (Å²) in [6.07, 6.45) is -4.38. The van der Waals surface area contributed by atoms with E-state index >= 15 is 0 Å². The van der Waals surface area contributed by atoms with Gasteiger partial charge in [-0.05, 0) is 35.9 Å². The Hall–Kier alpha value is -3.08. The fourth-order valence-corrected chi connectivity index (χ4v) is 4.60. The number of aryl methyl sites for hydroxylation is 2. The van der Waals surface area contributed by atoms with Crippen molar-refractivity contribution >= 4 is 21.7 Å². The number of fused-ring (bicyclic) bond motifs is 3. The number of hydrogen-bond acceptors (Lipinski definition) is 1. The zero-order valence-electron chi connectivity index (χ0n) is 17.9. The summed E-state index contributed by atoms with van der Waals surface area (Å²) in [5, 5.41) is 2.95. The Balaban J connectivity index is 1.79. The minimum atomic E-state index is -4.28. The maximum Gasteiger partial charge on any atom is 0.394 e. The monoisotopic (exact) mass is 422 g/mol. The van der Waals surface area contributed by atoms with Crippen molar-refractivity contribution < 1.29 is 22.5 Å². The van der Waals surface area contributed by atoms with E-state index in [0.29, 0.717) is 11.3 Å². The summed E-state index contributed by atoms with van der Waals surface area (Å²) in [4.78, 5) is 0. The quantitative estimate of drug-likeness (QED) is 0.278. The molecule has 1 aliphatic rings. The van der Waals surface area contributed by atoms with Crippen LogP contribution in [0.15, 0.2) is 54.6 Å². The molecule has 0 radical (unpaired) electrons. The maximum absolute atomic E-state index is 13.6. The van der Waals surface area contributed by atoms with Gasteiger partial charge in [-0.2, -0.15) is 17.7 Å². The molecular formula is C26H23F3NO+. The van der Waals surface area contributed by atoms with Gasteiger partial charge in [0.2, 0.25) is 5.52 Å². The summed E-state index contributed by atoms with van der Waals surface area (Å²) in [5.74, 6) is 1.44. The highest BCUT2D eigenvalue weighted by molar-refractivity contribution is 6.04. The lowest BCUT2D eigenvalue weighted by Crippen LogP contribution is -2.35. The molecule has 2 heterocycles. The van der Waals surface area contributed by atoms with Crippen molar-refractivity contribution in [2.75, 3.05) is 0 Å². The van der Waals surface area contributed by atoms with Gasteiger partial charge in [-0.15, -0.1) is 0 Å². The largest absolute Gasteiger partial charge is 0.450 e. The average molecular weight is 422 g/mol. The number of benzene rings is 3. The van der Waals surface area contributed by atoms with Gasteiger partial charge in [0.05, 0.1) is 16.4 Å². The first-order valence-corrected chi connectivity index (χ1v) is 10.3. The molecule has 0 spiro atoms. The van der Waals surface area contributed by atoms with E-state index in [4.69, 9.17) is 4.74 Å². The van der Waals surface area contributed by atoms with E-state index in [9.17, 15) is 13.2 Å². The SMILES string of the molecule is Cc1ccc2cccc3c2c1-c1c(cc2c(CC(C)(C)C(F)(F)F)cccc2[n+]1C)O3. The van der Waals surface area contributed by atoms with Crippen molar-refractivity contribution in [1.82, 2.24) is 0 Å². The van der Waals surface area contributed by atoms with Crippen LogP contribution >= 0.6 is 0 Å². The molecule has 1 aromatic heterocycles. The molecule has 4 aromatic rings. The normalized spacial score (nSPS) is 13.4. The molecule has 2 nitrogen and oxygen atoms in total. The summed E-state index contributed by atoms with van der Waals surface area (Å²) in [6.45, 7) is 4.58. The highest BCUT2D eigenvalue weighted by atomic mass is 19.4. The molecule has 31 heavy (non-hydrogen) atoms. The summed E-state index contributed by atoms with van der Waals surface area (Å²) >= 11 is 0. The van der Waals surface area contributed by atoms with E-state index in [1.165, 1.54) is 13.8 Å². The fraction of sp³-hybridized carbons (Fsp3) is 0.269. The average Bonchev–Trinajstić information content (AvgIpc) is 2.70.